The molecule has 0 aromatic carbocycles. The van der Waals surface area contributed by atoms with Gasteiger partial charge in [0.25, 0.3) is 5.91 Å². The molecule has 0 radical (unpaired) electrons. The monoisotopic (exact) mass is 245 g/mol. The van der Waals surface area contributed by atoms with Gasteiger partial charge in [-0.1, -0.05) is 6.92 Å². The van der Waals surface area contributed by atoms with Crippen LogP contribution in [0.4, 0.5) is 17.6 Å². The van der Waals surface area contributed by atoms with E-state index in [0.717, 1.165) is 4.90 Å². The summed E-state index contributed by atoms with van der Waals surface area (Å²) in [6, 6.07) is 0. The maximum atomic E-state index is 12.7. The molecular weight excluding hydrogens is 234 g/mol. The molecule has 0 bridgehead atoms. The molecule has 7 heteroatoms. The Balaban J connectivity index is 2.67. The Labute approximate surface area is 89.0 Å². The second-order valence-corrected chi connectivity index (χ2v) is 4.90. The topological polar surface area (TPSA) is 20.3 Å². The van der Waals surface area contributed by atoms with Gasteiger partial charge in [-0.3, -0.25) is 4.79 Å². The fourth-order valence-corrected chi connectivity index (χ4v) is 2.32. The molecule has 0 N–H and O–H groups in total. The summed E-state index contributed by atoms with van der Waals surface area (Å²) in [7, 11) is 0. The van der Waals surface area contributed by atoms with Crippen molar-refractivity contribution in [2.75, 3.05) is 18.8 Å². The van der Waals surface area contributed by atoms with Crippen LogP contribution in [0.1, 0.15) is 6.92 Å². The van der Waals surface area contributed by atoms with E-state index in [1.807, 2.05) is 0 Å². The molecule has 0 aliphatic carbocycles. The van der Waals surface area contributed by atoms with Crippen molar-refractivity contribution in [2.24, 2.45) is 0 Å². The van der Waals surface area contributed by atoms with Gasteiger partial charge in [0.1, 0.15) is 0 Å². The molecule has 1 aliphatic heterocycles. The molecule has 1 atom stereocenters. The molecule has 1 amide bonds. The van der Waals surface area contributed by atoms with Crippen LogP contribution in [0.2, 0.25) is 0 Å². The summed E-state index contributed by atoms with van der Waals surface area (Å²) in [6.07, 6.45) is -3.94. The van der Waals surface area contributed by atoms with E-state index < -0.39 is 18.3 Å². The second kappa shape index (κ2) is 4.59. The Hall–Kier alpha value is -0.460. The van der Waals surface area contributed by atoms with Gasteiger partial charge in [-0.2, -0.15) is 20.5 Å². The van der Waals surface area contributed by atoms with Crippen LogP contribution in [0.5, 0.6) is 0 Å². The molecule has 0 spiro atoms. The third-order valence-electron chi connectivity index (χ3n) is 2.09. The molecule has 1 rings (SSSR count). The minimum atomic E-state index is -4.55. The first kappa shape index (κ1) is 12.6. The van der Waals surface area contributed by atoms with Gasteiger partial charge in [-0.15, -0.1) is 0 Å². The lowest BCUT2D eigenvalue weighted by molar-refractivity contribution is -0.180. The minimum absolute atomic E-state index is 0.0103. The normalized spacial score (nSPS) is 23.3. The van der Waals surface area contributed by atoms with Crippen LogP contribution in [0, 0.1) is 0 Å². The zero-order valence-electron chi connectivity index (χ0n) is 8.05. The van der Waals surface area contributed by atoms with Gasteiger partial charge in [0.05, 0.1) is 0 Å². The summed E-state index contributed by atoms with van der Waals surface area (Å²) in [5.41, 5.74) is 0. The predicted octanol–water partition coefficient (Wildman–Crippen LogP) is 1.85. The van der Waals surface area contributed by atoms with E-state index in [4.69, 9.17) is 0 Å². The highest BCUT2D eigenvalue weighted by molar-refractivity contribution is 7.99. The van der Waals surface area contributed by atoms with Crippen molar-refractivity contribution in [3.63, 3.8) is 0 Å². The summed E-state index contributed by atoms with van der Waals surface area (Å²) in [6.45, 7) is 1.98. The average Bonchev–Trinajstić information content (AvgIpc) is 2.16. The molecule has 1 heterocycles. The van der Waals surface area contributed by atoms with Crippen molar-refractivity contribution >= 4 is 17.7 Å². The molecule has 1 saturated heterocycles. The van der Waals surface area contributed by atoms with Crippen LogP contribution in [0.25, 0.3) is 0 Å². The predicted molar refractivity (Wildman–Crippen MR) is 49.5 cm³/mol. The van der Waals surface area contributed by atoms with Crippen molar-refractivity contribution < 1.29 is 22.4 Å². The summed E-state index contributed by atoms with van der Waals surface area (Å²) in [5.74, 6) is -5.81. The SMILES string of the molecule is CC1CN(C(=O)C(F)(F)C(F)F)CCS1. The molecule has 0 saturated carbocycles. The van der Waals surface area contributed by atoms with E-state index in [2.05, 4.69) is 0 Å². The summed E-state index contributed by atoms with van der Waals surface area (Å²) in [4.78, 5) is 11.9. The number of hydrogen-bond acceptors (Lipinski definition) is 2. The Morgan fingerprint density at radius 1 is 1.53 bits per heavy atom. The van der Waals surface area contributed by atoms with E-state index in [0.29, 0.717) is 5.75 Å². The first-order chi connectivity index (χ1) is 6.85. The van der Waals surface area contributed by atoms with Crippen LogP contribution in [0.3, 0.4) is 0 Å². The van der Waals surface area contributed by atoms with Crippen LogP contribution >= 0.6 is 11.8 Å². The minimum Gasteiger partial charge on any atom is -0.335 e. The van der Waals surface area contributed by atoms with E-state index >= 15 is 0 Å². The third kappa shape index (κ3) is 2.76. The lowest BCUT2D eigenvalue weighted by atomic mass is 10.2. The molecule has 88 valence electrons. The summed E-state index contributed by atoms with van der Waals surface area (Å²) in [5, 5.41) is 0.0103. The van der Waals surface area contributed by atoms with Crippen LogP contribution in [0.15, 0.2) is 0 Å². The number of alkyl halides is 4. The highest BCUT2D eigenvalue weighted by Gasteiger charge is 2.51. The van der Waals surface area contributed by atoms with Crippen molar-refractivity contribution in [3.05, 3.63) is 0 Å². The Kier molecular flexibility index (Phi) is 3.86. The lowest BCUT2D eigenvalue weighted by Crippen LogP contribution is -2.51. The van der Waals surface area contributed by atoms with Gasteiger partial charge in [-0.05, 0) is 0 Å². The first-order valence-electron chi connectivity index (χ1n) is 4.42. The van der Waals surface area contributed by atoms with Gasteiger partial charge < -0.3 is 4.90 Å². The zero-order valence-corrected chi connectivity index (χ0v) is 8.87. The average molecular weight is 245 g/mol. The van der Waals surface area contributed by atoms with Crippen LogP contribution in [-0.4, -0.2) is 47.2 Å². The maximum absolute atomic E-state index is 12.7. The number of carbonyl (C=O) groups is 1. The molecule has 0 aromatic rings. The zero-order chi connectivity index (χ0) is 11.6. The molecule has 0 aromatic heterocycles. The number of amides is 1. The molecule has 1 aliphatic rings. The highest BCUT2D eigenvalue weighted by atomic mass is 32.2. The van der Waals surface area contributed by atoms with Crippen molar-refractivity contribution in [2.45, 2.75) is 24.5 Å². The van der Waals surface area contributed by atoms with Gasteiger partial charge in [0.15, 0.2) is 0 Å². The maximum Gasteiger partial charge on any atom is 0.383 e. The molecule has 1 unspecified atom stereocenters. The van der Waals surface area contributed by atoms with Gasteiger partial charge >= 0.3 is 12.3 Å². The lowest BCUT2D eigenvalue weighted by Gasteiger charge is -2.32. The van der Waals surface area contributed by atoms with Crippen molar-refractivity contribution in [1.29, 1.82) is 0 Å². The number of nitrogens with zero attached hydrogens (tertiary/aromatic N) is 1. The van der Waals surface area contributed by atoms with E-state index in [9.17, 15) is 22.4 Å². The fraction of sp³-hybridized carbons (Fsp3) is 0.875. The Morgan fingerprint density at radius 2 is 2.13 bits per heavy atom. The van der Waals surface area contributed by atoms with E-state index in [1.165, 1.54) is 11.8 Å². The smallest absolute Gasteiger partial charge is 0.335 e. The quantitative estimate of drug-likeness (QED) is 0.692. The highest BCUT2D eigenvalue weighted by Crippen LogP contribution is 2.28. The van der Waals surface area contributed by atoms with Gasteiger partial charge in [0.2, 0.25) is 0 Å². The number of carbonyl (C=O) groups excluding carboxylic acids is 1. The number of hydrogen-bond donors (Lipinski definition) is 0. The second-order valence-electron chi connectivity index (χ2n) is 3.36. The Bertz CT molecular complexity index is 249. The molecule has 15 heavy (non-hydrogen) atoms. The number of thioether (sulfide) groups is 1. The molecule has 1 fully saturated rings. The Morgan fingerprint density at radius 3 is 2.60 bits per heavy atom. The largest absolute Gasteiger partial charge is 0.383 e. The number of rotatable bonds is 2. The van der Waals surface area contributed by atoms with Crippen molar-refractivity contribution in [3.8, 4) is 0 Å². The molecule has 2 nitrogen and oxygen atoms in total. The number of halogens is 4. The fourth-order valence-electron chi connectivity index (χ4n) is 1.31. The van der Waals surface area contributed by atoms with E-state index in [-0.39, 0.29) is 18.3 Å². The first-order valence-corrected chi connectivity index (χ1v) is 5.47. The van der Waals surface area contributed by atoms with E-state index in [1.54, 1.807) is 6.92 Å². The van der Waals surface area contributed by atoms with Crippen molar-refractivity contribution in [1.82, 2.24) is 4.90 Å². The van der Waals surface area contributed by atoms with Gasteiger partial charge in [0, 0.05) is 24.1 Å². The van der Waals surface area contributed by atoms with Crippen LogP contribution < -0.4 is 0 Å². The third-order valence-corrected chi connectivity index (χ3v) is 3.22. The molecular formula is C8H11F4NOS. The summed E-state index contributed by atoms with van der Waals surface area (Å²) >= 11 is 1.53. The summed E-state index contributed by atoms with van der Waals surface area (Å²) < 4.78 is 49.2. The van der Waals surface area contributed by atoms with Crippen LogP contribution in [-0.2, 0) is 4.79 Å². The standard InChI is InChI=1S/C8H11F4NOS/c1-5-4-13(2-3-15-5)7(14)8(11,12)6(9)10/h5-6H,2-4H2,1H3. The van der Waals surface area contributed by atoms with Gasteiger partial charge in [-0.25, -0.2) is 8.78 Å².